The second kappa shape index (κ2) is 10.5. The van der Waals surface area contributed by atoms with Crippen LogP contribution in [0.15, 0.2) is 48.5 Å². The van der Waals surface area contributed by atoms with Crippen molar-refractivity contribution >= 4 is 23.2 Å². The highest BCUT2D eigenvalue weighted by Crippen LogP contribution is 2.34. The third-order valence-electron chi connectivity index (χ3n) is 3.96. The van der Waals surface area contributed by atoms with Gasteiger partial charge in [0.1, 0.15) is 6.04 Å². The lowest BCUT2D eigenvalue weighted by Crippen LogP contribution is -2.34. The van der Waals surface area contributed by atoms with E-state index in [2.05, 4.69) is 10.6 Å². The Morgan fingerprint density at radius 3 is 2.54 bits per heavy atom. The molecule has 2 aromatic carbocycles. The number of amides is 1. The minimum atomic E-state index is -4.53. The Hall–Kier alpha value is -2.09. The van der Waals surface area contributed by atoms with E-state index in [0.29, 0.717) is 31.7 Å². The van der Waals surface area contributed by atoms with Crippen molar-refractivity contribution in [3.8, 4) is 0 Å². The number of benzene rings is 2. The van der Waals surface area contributed by atoms with Crippen LogP contribution in [0.5, 0.6) is 0 Å². The number of nitrogens with one attached hydrogen (secondary N) is 2. The molecule has 2 rings (SSSR count). The molecule has 152 valence electrons. The van der Waals surface area contributed by atoms with Crippen molar-refractivity contribution in [2.45, 2.75) is 25.6 Å². The van der Waals surface area contributed by atoms with E-state index < -0.39 is 23.7 Å². The molecule has 0 saturated carbocycles. The lowest BCUT2D eigenvalue weighted by Gasteiger charge is -2.20. The third-order valence-corrected chi connectivity index (χ3v) is 4.29. The number of halogens is 4. The summed E-state index contributed by atoms with van der Waals surface area (Å²) in [5.74, 6) is -0.496. The fraction of sp³-hybridized carbons (Fsp3) is 0.350. The summed E-state index contributed by atoms with van der Waals surface area (Å²) in [5, 5.41) is 5.66. The van der Waals surface area contributed by atoms with E-state index in [1.807, 2.05) is 13.0 Å². The molecule has 1 amide bonds. The van der Waals surface area contributed by atoms with Crippen molar-refractivity contribution in [2.75, 3.05) is 25.1 Å². The fourth-order valence-electron chi connectivity index (χ4n) is 2.57. The number of rotatable bonds is 9. The highest BCUT2D eigenvalue weighted by molar-refractivity contribution is 6.33. The number of hydrogen-bond donors (Lipinski definition) is 2. The van der Waals surface area contributed by atoms with E-state index in [1.165, 1.54) is 0 Å². The minimum Gasteiger partial charge on any atom is -0.382 e. The van der Waals surface area contributed by atoms with Gasteiger partial charge in [0.2, 0.25) is 5.91 Å². The molecule has 0 bridgehead atoms. The molecule has 2 N–H and O–H groups in total. The molecular formula is C20H22ClF3N2O2. The number of carbonyl (C=O) groups is 1. The summed E-state index contributed by atoms with van der Waals surface area (Å²) in [6.07, 6.45) is -3.84. The summed E-state index contributed by atoms with van der Waals surface area (Å²) < 4.78 is 44.1. The predicted octanol–water partition coefficient (Wildman–Crippen LogP) is 5.05. The number of anilines is 1. The first kappa shape index (κ1) is 22.2. The van der Waals surface area contributed by atoms with Gasteiger partial charge in [-0.2, -0.15) is 13.2 Å². The topological polar surface area (TPSA) is 50.4 Å². The van der Waals surface area contributed by atoms with E-state index in [1.54, 1.807) is 24.3 Å². The smallest absolute Gasteiger partial charge is 0.382 e. The molecule has 0 aliphatic heterocycles. The molecule has 0 aliphatic rings. The summed E-state index contributed by atoms with van der Waals surface area (Å²) in [4.78, 5) is 12.8. The van der Waals surface area contributed by atoms with Gasteiger partial charge in [0.15, 0.2) is 0 Å². The highest BCUT2D eigenvalue weighted by Gasteiger charge is 2.31. The van der Waals surface area contributed by atoms with Crippen molar-refractivity contribution < 1.29 is 22.7 Å². The van der Waals surface area contributed by atoms with Crippen molar-refractivity contribution in [2.24, 2.45) is 0 Å². The second-order valence-electron chi connectivity index (χ2n) is 6.03. The molecule has 8 heteroatoms. The van der Waals surface area contributed by atoms with Crippen LogP contribution in [0.25, 0.3) is 0 Å². The first-order valence-electron chi connectivity index (χ1n) is 8.86. The standard InChI is InChI=1S/C20H22ClF3N2O2/c1-2-28-12-6-11-25-18(14-7-4-3-5-8-14)19(27)26-17-13-15(20(22,23)24)9-10-16(17)21/h3-5,7-10,13,18,25H,2,6,11-12H2,1H3,(H,26,27)/t18-/m1/s1. The maximum absolute atomic E-state index is 12.9. The zero-order chi connectivity index (χ0) is 20.6. The Balaban J connectivity index is 2.16. The lowest BCUT2D eigenvalue weighted by molar-refractivity contribution is -0.137. The first-order valence-corrected chi connectivity index (χ1v) is 9.24. The Morgan fingerprint density at radius 1 is 1.18 bits per heavy atom. The zero-order valence-electron chi connectivity index (χ0n) is 15.4. The van der Waals surface area contributed by atoms with Crippen LogP contribution in [0.3, 0.4) is 0 Å². The van der Waals surface area contributed by atoms with E-state index in [9.17, 15) is 18.0 Å². The molecule has 0 spiro atoms. The predicted molar refractivity (Wildman–Crippen MR) is 103 cm³/mol. The molecule has 1 atom stereocenters. The SMILES string of the molecule is CCOCCCN[C@@H](C(=O)Nc1cc(C(F)(F)F)ccc1Cl)c1ccccc1. The average Bonchev–Trinajstić information content (AvgIpc) is 2.66. The first-order chi connectivity index (χ1) is 13.3. The van der Waals surface area contributed by atoms with Gasteiger partial charge in [0, 0.05) is 13.2 Å². The van der Waals surface area contributed by atoms with E-state index in [4.69, 9.17) is 16.3 Å². The normalized spacial score (nSPS) is 12.6. The Morgan fingerprint density at radius 2 is 1.89 bits per heavy atom. The van der Waals surface area contributed by atoms with Gasteiger partial charge in [-0.05, 0) is 43.7 Å². The van der Waals surface area contributed by atoms with Gasteiger partial charge in [0.25, 0.3) is 0 Å². The largest absolute Gasteiger partial charge is 0.416 e. The van der Waals surface area contributed by atoms with Gasteiger partial charge in [-0.3, -0.25) is 4.79 Å². The quantitative estimate of drug-likeness (QED) is 0.564. The van der Waals surface area contributed by atoms with Crippen molar-refractivity contribution in [1.82, 2.24) is 5.32 Å². The summed E-state index contributed by atoms with van der Waals surface area (Å²) in [7, 11) is 0. The maximum atomic E-state index is 12.9. The van der Waals surface area contributed by atoms with Crippen LogP contribution in [-0.2, 0) is 15.7 Å². The molecule has 0 heterocycles. The second-order valence-corrected chi connectivity index (χ2v) is 6.44. The molecule has 0 aromatic heterocycles. The number of hydrogen-bond acceptors (Lipinski definition) is 3. The molecule has 0 unspecified atom stereocenters. The molecular weight excluding hydrogens is 393 g/mol. The van der Waals surface area contributed by atoms with E-state index >= 15 is 0 Å². The fourth-order valence-corrected chi connectivity index (χ4v) is 2.74. The van der Waals surface area contributed by atoms with Gasteiger partial charge >= 0.3 is 6.18 Å². The number of alkyl halides is 3. The summed E-state index contributed by atoms with van der Waals surface area (Å²) in [6, 6.07) is 11.0. The van der Waals surface area contributed by atoms with Crippen LogP contribution in [0.1, 0.15) is 30.5 Å². The zero-order valence-corrected chi connectivity index (χ0v) is 16.1. The van der Waals surface area contributed by atoms with Gasteiger partial charge < -0.3 is 15.4 Å². The molecule has 0 fully saturated rings. The monoisotopic (exact) mass is 414 g/mol. The minimum absolute atomic E-state index is 0.0320. The lowest BCUT2D eigenvalue weighted by atomic mass is 10.1. The summed E-state index contributed by atoms with van der Waals surface area (Å²) in [6.45, 7) is 3.55. The number of ether oxygens (including phenoxy) is 1. The average molecular weight is 415 g/mol. The van der Waals surface area contributed by atoms with Gasteiger partial charge in [-0.15, -0.1) is 0 Å². The molecule has 0 radical (unpaired) electrons. The van der Waals surface area contributed by atoms with Crippen LogP contribution in [0.2, 0.25) is 5.02 Å². The van der Waals surface area contributed by atoms with Crippen LogP contribution in [-0.4, -0.2) is 25.7 Å². The molecule has 0 saturated heterocycles. The van der Waals surface area contributed by atoms with Gasteiger partial charge in [-0.1, -0.05) is 41.9 Å². The number of carbonyl (C=O) groups excluding carboxylic acids is 1. The van der Waals surface area contributed by atoms with Gasteiger partial charge in [0.05, 0.1) is 16.3 Å². The van der Waals surface area contributed by atoms with Crippen molar-refractivity contribution in [3.63, 3.8) is 0 Å². The van der Waals surface area contributed by atoms with Crippen LogP contribution >= 0.6 is 11.6 Å². The Kier molecular flexibility index (Phi) is 8.29. The van der Waals surface area contributed by atoms with E-state index in [0.717, 1.165) is 18.2 Å². The molecule has 0 aliphatic carbocycles. The van der Waals surface area contributed by atoms with Crippen LogP contribution in [0, 0.1) is 0 Å². The van der Waals surface area contributed by atoms with E-state index in [-0.39, 0.29) is 10.7 Å². The molecule has 2 aromatic rings. The third kappa shape index (κ3) is 6.51. The molecule has 28 heavy (non-hydrogen) atoms. The summed E-state index contributed by atoms with van der Waals surface area (Å²) in [5.41, 5.74) is -0.272. The van der Waals surface area contributed by atoms with Crippen LogP contribution < -0.4 is 10.6 Å². The van der Waals surface area contributed by atoms with Crippen LogP contribution in [0.4, 0.5) is 18.9 Å². The molecule has 4 nitrogen and oxygen atoms in total. The Bertz CT molecular complexity index is 770. The van der Waals surface area contributed by atoms with Crippen molar-refractivity contribution in [3.05, 3.63) is 64.7 Å². The Labute approximate surface area is 167 Å². The summed E-state index contributed by atoms with van der Waals surface area (Å²) >= 11 is 5.98. The van der Waals surface area contributed by atoms with Gasteiger partial charge in [-0.25, -0.2) is 0 Å². The maximum Gasteiger partial charge on any atom is 0.416 e. The van der Waals surface area contributed by atoms with Crippen molar-refractivity contribution in [1.29, 1.82) is 0 Å². The highest BCUT2D eigenvalue weighted by atomic mass is 35.5.